The number of nitrogens with zero attached hydrogens (tertiary/aromatic N) is 1. The standard InChI is InChI=1S/C13H16BrNO/c1-15-9-5-8-13(14,10-15)12(16)11-6-3-2-4-7-11/h2-4,6-7H,5,8-10H2,1H3. The molecule has 2 nitrogen and oxygen atoms in total. The molecule has 1 aliphatic rings. The van der Waals surface area contributed by atoms with E-state index < -0.39 is 0 Å². The van der Waals surface area contributed by atoms with E-state index in [0.717, 1.165) is 31.5 Å². The molecule has 1 saturated heterocycles. The van der Waals surface area contributed by atoms with E-state index in [-0.39, 0.29) is 10.1 Å². The van der Waals surface area contributed by atoms with Crippen LogP contribution in [0.3, 0.4) is 0 Å². The van der Waals surface area contributed by atoms with E-state index in [2.05, 4.69) is 27.9 Å². The molecule has 1 aromatic carbocycles. The molecule has 1 aromatic rings. The Kier molecular flexibility index (Phi) is 3.45. The predicted octanol–water partition coefficient (Wildman–Crippen LogP) is 2.73. The van der Waals surface area contributed by atoms with Crippen molar-refractivity contribution in [3.8, 4) is 0 Å². The van der Waals surface area contributed by atoms with Gasteiger partial charge in [-0.15, -0.1) is 0 Å². The van der Waals surface area contributed by atoms with Crippen LogP contribution in [0.2, 0.25) is 0 Å². The normalized spacial score (nSPS) is 26.6. The minimum Gasteiger partial charge on any atom is -0.305 e. The number of hydrogen-bond acceptors (Lipinski definition) is 2. The summed E-state index contributed by atoms with van der Waals surface area (Å²) in [6.45, 7) is 1.87. The van der Waals surface area contributed by atoms with Crippen molar-refractivity contribution in [2.45, 2.75) is 17.2 Å². The largest absolute Gasteiger partial charge is 0.305 e. The summed E-state index contributed by atoms with van der Waals surface area (Å²) in [6.07, 6.45) is 1.99. The first-order valence-electron chi connectivity index (χ1n) is 5.59. The second-order valence-electron chi connectivity index (χ2n) is 4.50. The Morgan fingerprint density at radius 1 is 1.38 bits per heavy atom. The van der Waals surface area contributed by atoms with Crippen LogP contribution in [0.25, 0.3) is 0 Å². The summed E-state index contributed by atoms with van der Waals surface area (Å²) in [5.41, 5.74) is 0.801. The second-order valence-corrected chi connectivity index (χ2v) is 6.02. The first-order valence-corrected chi connectivity index (χ1v) is 6.38. The van der Waals surface area contributed by atoms with Gasteiger partial charge in [0.25, 0.3) is 0 Å². The summed E-state index contributed by atoms with van der Waals surface area (Å²) < 4.78 is -0.388. The van der Waals surface area contributed by atoms with Crippen molar-refractivity contribution >= 4 is 21.7 Å². The van der Waals surface area contributed by atoms with Gasteiger partial charge in [-0.05, 0) is 26.4 Å². The van der Waals surface area contributed by atoms with Gasteiger partial charge in [-0.2, -0.15) is 0 Å². The highest BCUT2D eigenvalue weighted by Crippen LogP contribution is 2.32. The zero-order valence-corrected chi connectivity index (χ0v) is 11.0. The van der Waals surface area contributed by atoms with Gasteiger partial charge in [-0.3, -0.25) is 4.79 Å². The number of hydrogen-bond donors (Lipinski definition) is 0. The van der Waals surface area contributed by atoms with E-state index in [4.69, 9.17) is 0 Å². The lowest BCUT2D eigenvalue weighted by Crippen LogP contribution is -2.47. The minimum atomic E-state index is -0.388. The third-order valence-corrected chi connectivity index (χ3v) is 4.08. The van der Waals surface area contributed by atoms with Crippen molar-refractivity contribution in [1.29, 1.82) is 0 Å². The fourth-order valence-corrected chi connectivity index (χ4v) is 3.19. The van der Waals surface area contributed by atoms with Crippen LogP contribution in [0.5, 0.6) is 0 Å². The van der Waals surface area contributed by atoms with Gasteiger partial charge in [0.05, 0.1) is 0 Å². The van der Waals surface area contributed by atoms with Crippen LogP contribution >= 0.6 is 15.9 Å². The fraction of sp³-hybridized carbons (Fsp3) is 0.462. The molecule has 0 spiro atoms. The molecule has 0 N–H and O–H groups in total. The quantitative estimate of drug-likeness (QED) is 0.614. The Morgan fingerprint density at radius 2 is 2.06 bits per heavy atom. The molecular weight excluding hydrogens is 266 g/mol. The number of Topliss-reactive ketones (excluding diaryl/α,β-unsaturated/α-hetero) is 1. The number of halogens is 1. The second kappa shape index (κ2) is 4.68. The molecule has 0 amide bonds. The summed E-state index contributed by atoms with van der Waals surface area (Å²) in [6, 6.07) is 9.54. The molecule has 0 aromatic heterocycles. The average molecular weight is 282 g/mol. The molecule has 1 unspecified atom stereocenters. The molecule has 2 rings (SSSR count). The van der Waals surface area contributed by atoms with Crippen LogP contribution in [0.4, 0.5) is 0 Å². The Hall–Kier alpha value is -0.670. The topological polar surface area (TPSA) is 20.3 Å². The minimum absolute atomic E-state index is 0.208. The van der Waals surface area contributed by atoms with Crippen LogP contribution in [-0.2, 0) is 0 Å². The summed E-state index contributed by atoms with van der Waals surface area (Å²) in [5.74, 6) is 0.208. The van der Waals surface area contributed by atoms with Gasteiger partial charge >= 0.3 is 0 Å². The Morgan fingerprint density at radius 3 is 2.69 bits per heavy atom. The van der Waals surface area contributed by atoms with Crippen molar-refractivity contribution in [1.82, 2.24) is 4.90 Å². The van der Waals surface area contributed by atoms with E-state index >= 15 is 0 Å². The third-order valence-electron chi connectivity index (χ3n) is 3.08. The Balaban J connectivity index is 2.21. The van der Waals surface area contributed by atoms with Gasteiger partial charge in [0.1, 0.15) is 4.32 Å². The monoisotopic (exact) mass is 281 g/mol. The van der Waals surface area contributed by atoms with Gasteiger partial charge in [-0.1, -0.05) is 46.3 Å². The zero-order valence-electron chi connectivity index (χ0n) is 9.45. The van der Waals surface area contributed by atoms with E-state index in [1.165, 1.54) is 0 Å². The summed E-state index contributed by atoms with van der Waals surface area (Å²) in [5, 5.41) is 0. The number of carbonyl (C=O) groups excluding carboxylic acids is 1. The third kappa shape index (κ3) is 2.36. The maximum absolute atomic E-state index is 12.4. The molecule has 0 saturated carbocycles. The van der Waals surface area contributed by atoms with Crippen LogP contribution in [0.1, 0.15) is 23.2 Å². The smallest absolute Gasteiger partial charge is 0.180 e. The summed E-state index contributed by atoms with van der Waals surface area (Å²) in [4.78, 5) is 14.6. The highest BCUT2D eigenvalue weighted by atomic mass is 79.9. The molecule has 0 bridgehead atoms. The molecule has 1 aliphatic heterocycles. The van der Waals surface area contributed by atoms with Gasteiger partial charge in [0.15, 0.2) is 5.78 Å². The highest BCUT2D eigenvalue weighted by molar-refractivity contribution is 9.10. The zero-order chi connectivity index (χ0) is 11.6. The molecule has 1 fully saturated rings. The molecule has 1 atom stereocenters. The number of benzene rings is 1. The number of rotatable bonds is 2. The van der Waals surface area contributed by atoms with E-state index in [1.54, 1.807) is 0 Å². The van der Waals surface area contributed by atoms with Crippen molar-refractivity contribution in [3.63, 3.8) is 0 Å². The van der Waals surface area contributed by atoms with Gasteiger partial charge in [0.2, 0.25) is 0 Å². The van der Waals surface area contributed by atoms with Crippen LogP contribution < -0.4 is 0 Å². The van der Waals surface area contributed by atoms with E-state index in [9.17, 15) is 4.79 Å². The van der Waals surface area contributed by atoms with Gasteiger partial charge < -0.3 is 4.90 Å². The van der Waals surface area contributed by atoms with Crippen LogP contribution in [0.15, 0.2) is 30.3 Å². The van der Waals surface area contributed by atoms with Crippen molar-refractivity contribution in [2.24, 2.45) is 0 Å². The first kappa shape index (κ1) is 11.8. The van der Waals surface area contributed by atoms with Crippen molar-refractivity contribution in [3.05, 3.63) is 35.9 Å². The van der Waals surface area contributed by atoms with Crippen molar-refractivity contribution < 1.29 is 4.79 Å². The molecule has 1 heterocycles. The van der Waals surface area contributed by atoms with Crippen molar-refractivity contribution in [2.75, 3.05) is 20.1 Å². The van der Waals surface area contributed by atoms with E-state index in [1.807, 2.05) is 30.3 Å². The van der Waals surface area contributed by atoms with Gasteiger partial charge in [0, 0.05) is 12.1 Å². The maximum Gasteiger partial charge on any atom is 0.180 e. The molecular formula is C13H16BrNO. The number of piperidine rings is 1. The first-order chi connectivity index (χ1) is 7.62. The predicted molar refractivity (Wildman–Crippen MR) is 69.2 cm³/mol. The lowest BCUT2D eigenvalue weighted by atomic mass is 9.90. The van der Waals surface area contributed by atoms with Crippen LogP contribution in [-0.4, -0.2) is 35.1 Å². The van der Waals surface area contributed by atoms with Crippen LogP contribution in [0, 0.1) is 0 Å². The highest BCUT2D eigenvalue weighted by Gasteiger charge is 2.38. The lowest BCUT2D eigenvalue weighted by molar-refractivity contribution is 0.0889. The lowest BCUT2D eigenvalue weighted by Gasteiger charge is -2.35. The van der Waals surface area contributed by atoms with E-state index in [0.29, 0.717) is 0 Å². The number of alkyl halides is 1. The fourth-order valence-electron chi connectivity index (χ4n) is 2.25. The summed E-state index contributed by atoms with van der Waals surface area (Å²) in [7, 11) is 2.06. The number of carbonyl (C=O) groups is 1. The SMILES string of the molecule is CN1CCCC(Br)(C(=O)c2ccccc2)C1. The number of likely N-dealkylation sites (tertiary alicyclic amines) is 1. The maximum atomic E-state index is 12.4. The molecule has 16 heavy (non-hydrogen) atoms. The summed E-state index contributed by atoms with van der Waals surface area (Å²) >= 11 is 3.65. The molecule has 0 aliphatic carbocycles. The van der Waals surface area contributed by atoms with Gasteiger partial charge in [-0.25, -0.2) is 0 Å². The Bertz CT molecular complexity index is 379. The molecule has 86 valence electrons. The molecule has 3 heteroatoms. The number of ketones is 1. The Labute approximate surface area is 105 Å². The molecule has 0 radical (unpaired) electrons. The average Bonchev–Trinajstić information content (AvgIpc) is 2.29.